The molecule has 1 aromatic heterocycles. The lowest BCUT2D eigenvalue weighted by Crippen LogP contribution is -2.37. The van der Waals surface area contributed by atoms with Gasteiger partial charge in [-0.3, -0.25) is 9.69 Å². The minimum Gasteiger partial charge on any atom is -0.369 e. The minimum atomic E-state index is 0.123. The van der Waals surface area contributed by atoms with E-state index in [1.165, 1.54) is 30.4 Å². The second-order valence-electron chi connectivity index (χ2n) is 8.84. The van der Waals surface area contributed by atoms with E-state index < -0.39 is 0 Å². The van der Waals surface area contributed by atoms with Gasteiger partial charge in [0, 0.05) is 32.4 Å². The van der Waals surface area contributed by atoms with Crippen LogP contribution in [0.5, 0.6) is 0 Å². The molecule has 0 atom stereocenters. The monoisotopic (exact) mass is 406 g/mol. The van der Waals surface area contributed by atoms with Gasteiger partial charge in [0.25, 0.3) is 5.91 Å². The first-order valence-corrected chi connectivity index (χ1v) is 11.4. The molecule has 0 saturated carbocycles. The standard InChI is InChI=1S/C25H34N4O/c1-20-7-9-22(10-8-20)19-28-16-11-21(12-17-28)18-27-24-23(6-5-13-26-24)25(30)29-14-3-2-4-15-29/h5-10,13,21H,2-4,11-12,14-19H2,1H3,(H,26,27). The van der Waals surface area contributed by atoms with Gasteiger partial charge in [-0.05, 0) is 75.7 Å². The van der Waals surface area contributed by atoms with Crippen LogP contribution in [0.3, 0.4) is 0 Å². The number of hydrogen-bond acceptors (Lipinski definition) is 4. The molecule has 2 aromatic rings. The van der Waals surface area contributed by atoms with Crippen LogP contribution in [0.4, 0.5) is 5.82 Å². The molecule has 0 spiro atoms. The first-order valence-electron chi connectivity index (χ1n) is 11.4. The van der Waals surface area contributed by atoms with Gasteiger partial charge in [-0.25, -0.2) is 4.98 Å². The van der Waals surface area contributed by atoms with E-state index in [0.717, 1.165) is 63.5 Å². The van der Waals surface area contributed by atoms with Crippen molar-refractivity contribution >= 4 is 11.7 Å². The molecule has 2 fully saturated rings. The number of anilines is 1. The van der Waals surface area contributed by atoms with Gasteiger partial charge < -0.3 is 10.2 Å². The lowest BCUT2D eigenvalue weighted by molar-refractivity contribution is 0.0725. The number of nitrogens with zero attached hydrogens (tertiary/aromatic N) is 3. The largest absolute Gasteiger partial charge is 0.369 e. The average molecular weight is 407 g/mol. The van der Waals surface area contributed by atoms with Crippen LogP contribution in [0.25, 0.3) is 0 Å². The van der Waals surface area contributed by atoms with Crippen molar-refractivity contribution in [3.8, 4) is 0 Å². The van der Waals surface area contributed by atoms with E-state index in [1.807, 2.05) is 17.0 Å². The summed E-state index contributed by atoms with van der Waals surface area (Å²) in [6.07, 6.45) is 7.58. The fraction of sp³-hybridized carbons (Fsp3) is 0.520. The fourth-order valence-electron chi connectivity index (χ4n) is 4.53. The Hall–Kier alpha value is -2.40. The summed E-state index contributed by atoms with van der Waals surface area (Å²) < 4.78 is 0. The second-order valence-corrected chi connectivity index (χ2v) is 8.84. The van der Waals surface area contributed by atoms with Crippen molar-refractivity contribution in [3.05, 3.63) is 59.3 Å². The van der Waals surface area contributed by atoms with Crippen LogP contribution >= 0.6 is 0 Å². The van der Waals surface area contributed by atoms with Crippen LogP contribution in [-0.2, 0) is 6.54 Å². The maximum atomic E-state index is 12.9. The normalized spacial score (nSPS) is 18.4. The Morgan fingerprint density at radius 3 is 2.50 bits per heavy atom. The molecule has 2 aliphatic heterocycles. The average Bonchev–Trinajstić information content (AvgIpc) is 2.80. The highest BCUT2D eigenvalue weighted by molar-refractivity contribution is 5.98. The zero-order chi connectivity index (χ0) is 20.8. The third kappa shape index (κ3) is 5.39. The molecule has 1 aromatic carbocycles. The molecule has 5 heteroatoms. The molecule has 3 heterocycles. The molecular weight excluding hydrogens is 372 g/mol. The first-order chi connectivity index (χ1) is 14.7. The van der Waals surface area contributed by atoms with Gasteiger partial charge in [0.15, 0.2) is 0 Å². The Kier molecular flexibility index (Phi) is 7.00. The molecule has 4 rings (SSSR count). The minimum absolute atomic E-state index is 0.123. The number of aryl methyl sites for hydroxylation is 1. The lowest BCUT2D eigenvalue weighted by atomic mass is 9.96. The number of rotatable bonds is 6. The fourth-order valence-corrected chi connectivity index (χ4v) is 4.53. The first kappa shape index (κ1) is 20.9. The summed E-state index contributed by atoms with van der Waals surface area (Å²) in [5.74, 6) is 1.49. The Labute approximate surface area is 180 Å². The second kappa shape index (κ2) is 10.1. The van der Waals surface area contributed by atoms with E-state index in [9.17, 15) is 4.79 Å². The number of carbonyl (C=O) groups is 1. The van der Waals surface area contributed by atoms with Gasteiger partial charge in [0.05, 0.1) is 5.56 Å². The van der Waals surface area contributed by atoms with Crippen molar-refractivity contribution in [2.45, 2.75) is 45.6 Å². The van der Waals surface area contributed by atoms with Crippen molar-refractivity contribution in [1.29, 1.82) is 0 Å². The van der Waals surface area contributed by atoms with Crippen LogP contribution in [0, 0.1) is 12.8 Å². The Morgan fingerprint density at radius 2 is 1.77 bits per heavy atom. The van der Waals surface area contributed by atoms with Gasteiger partial charge in [0.2, 0.25) is 0 Å². The molecule has 0 bridgehead atoms. The number of piperidine rings is 2. The Balaban J connectivity index is 1.27. The lowest BCUT2D eigenvalue weighted by Gasteiger charge is -2.32. The van der Waals surface area contributed by atoms with Crippen molar-refractivity contribution in [3.63, 3.8) is 0 Å². The van der Waals surface area contributed by atoms with E-state index in [4.69, 9.17) is 0 Å². The summed E-state index contributed by atoms with van der Waals surface area (Å²) in [7, 11) is 0. The van der Waals surface area contributed by atoms with Crippen LogP contribution < -0.4 is 5.32 Å². The SMILES string of the molecule is Cc1ccc(CN2CCC(CNc3ncccc3C(=O)N3CCCCC3)CC2)cc1. The highest BCUT2D eigenvalue weighted by Crippen LogP contribution is 2.22. The molecule has 2 saturated heterocycles. The molecule has 0 unspecified atom stereocenters. The summed E-state index contributed by atoms with van der Waals surface area (Å²) in [6.45, 7) is 8.05. The maximum Gasteiger partial charge on any atom is 0.257 e. The topological polar surface area (TPSA) is 48.5 Å². The zero-order valence-corrected chi connectivity index (χ0v) is 18.1. The summed E-state index contributed by atoms with van der Waals surface area (Å²) in [6, 6.07) is 12.7. The van der Waals surface area contributed by atoms with Crippen LogP contribution in [0.15, 0.2) is 42.6 Å². The zero-order valence-electron chi connectivity index (χ0n) is 18.1. The smallest absolute Gasteiger partial charge is 0.257 e. The number of carbonyl (C=O) groups excluding carboxylic acids is 1. The number of aromatic nitrogens is 1. The summed E-state index contributed by atoms with van der Waals surface area (Å²) in [4.78, 5) is 22.0. The molecule has 160 valence electrons. The number of nitrogens with one attached hydrogen (secondary N) is 1. The molecular formula is C25H34N4O. The predicted molar refractivity (Wildman–Crippen MR) is 122 cm³/mol. The molecule has 0 aliphatic carbocycles. The molecule has 1 N–H and O–H groups in total. The van der Waals surface area contributed by atoms with Gasteiger partial charge >= 0.3 is 0 Å². The number of benzene rings is 1. The van der Waals surface area contributed by atoms with E-state index in [1.54, 1.807) is 6.20 Å². The van der Waals surface area contributed by atoms with Crippen molar-refractivity contribution in [2.24, 2.45) is 5.92 Å². The van der Waals surface area contributed by atoms with Crippen LogP contribution in [0.1, 0.15) is 53.6 Å². The van der Waals surface area contributed by atoms with E-state index >= 15 is 0 Å². The van der Waals surface area contributed by atoms with Crippen LogP contribution in [-0.4, -0.2) is 53.4 Å². The highest BCUT2D eigenvalue weighted by atomic mass is 16.2. The highest BCUT2D eigenvalue weighted by Gasteiger charge is 2.23. The molecule has 2 aliphatic rings. The van der Waals surface area contributed by atoms with Gasteiger partial charge in [-0.2, -0.15) is 0 Å². The predicted octanol–water partition coefficient (Wildman–Crippen LogP) is 4.34. The number of pyridine rings is 1. The molecule has 30 heavy (non-hydrogen) atoms. The molecule has 5 nitrogen and oxygen atoms in total. The number of amides is 1. The Bertz CT molecular complexity index is 821. The quantitative estimate of drug-likeness (QED) is 0.775. The Morgan fingerprint density at radius 1 is 1.03 bits per heavy atom. The third-order valence-electron chi connectivity index (χ3n) is 6.47. The number of likely N-dealkylation sites (tertiary alicyclic amines) is 2. The summed E-state index contributed by atoms with van der Waals surface area (Å²) >= 11 is 0. The van der Waals surface area contributed by atoms with Crippen molar-refractivity contribution in [2.75, 3.05) is 38.0 Å². The van der Waals surface area contributed by atoms with Crippen molar-refractivity contribution in [1.82, 2.24) is 14.8 Å². The third-order valence-corrected chi connectivity index (χ3v) is 6.47. The summed E-state index contributed by atoms with van der Waals surface area (Å²) in [5.41, 5.74) is 3.43. The van der Waals surface area contributed by atoms with Gasteiger partial charge in [-0.15, -0.1) is 0 Å². The van der Waals surface area contributed by atoms with E-state index in [-0.39, 0.29) is 5.91 Å². The summed E-state index contributed by atoms with van der Waals surface area (Å²) in [5, 5.41) is 3.50. The van der Waals surface area contributed by atoms with Crippen LogP contribution in [0.2, 0.25) is 0 Å². The molecule has 0 radical (unpaired) electrons. The molecule has 1 amide bonds. The van der Waals surface area contributed by atoms with Gasteiger partial charge in [-0.1, -0.05) is 29.8 Å². The maximum absolute atomic E-state index is 12.9. The number of hydrogen-bond donors (Lipinski definition) is 1. The van der Waals surface area contributed by atoms with Gasteiger partial charge in [0.1, 0.15) is 5.82 Å². The van der Waals surface area contributed by atoms with E-state index in [0.29, 0.717) is 5.92 Å². The van der Waals surface area contributed by atoms with Crippen molar-refractivity contribution < 1.29 is 4.79 Å². The van der Waals surface area contributed by atoms with E-state index in [2.05, 4.69) is 46.4 Å².